The molecule has 0 aliphatic carbocycles. The summed E-state index contributed by atoms with van der Waals surface area (Å²) in [5.41, 5.74) is 0.132. The van der Waals surface area contributed by atoms with Crippen LogP contribution in [-0.4, -0.2) is 23.0 Å². The average molecular weight is 168 g/mol. The Labute approximate surface area is 68.4 Å². The van der Waals surface area contributed by atoms with Gasteiger partial charge in [0.25, 0.3) is 5.56 Å². The number of nitrogens with one attached hydrogen (secondary N) is 1. The maximum Gasteiger partial charge on any atom is 0.356 e. The van der Waals surface area contributed by atoms with Crippen LogP contribution >= 0.6 is 0 Å². The van der Waals surface area contributed by atoms with Crippen molar-refractivity contribution in [3.63, 3.8) is 0 Å². The van der Waals surface area contributed by atoms with Crippen LogP contribution in [0.5, 0.6) is 0 Å². The SMILES string of the molecule is COC(=O)c1[nH]c(=O)cnc1C. The zero-order chi connectivity index (χ0) is 9.14. The molecule has 0 saturated carbocycles. The number of esters is 1. The van der Waals surface area contributed by atoms with E-state index in [4.69, 9.17) is 0 Å². The molecule has 0 atom stereocenters. The van der Waals surface area contributed by atoms with Crippen molar-refractivity contribution < 1.29 is 9.53 Å². The van der Waals surface area contributed by atoms with Gasteiger partial charge in [-0.3, -0.25) is 9.78 Å². The lowest BCUT2D eigenvalue weighted by Crippen LogP contribution is -2.16. The lowest BCUT2D eigenvalue weighted by atomic mass is 10.3. The van der Waals surface area contributed by atoms with Gasteiger partial charge < -0.3 is 9.72 Å². The van der Waals surface area contributed by atoms with Crippen molar-refractivity contribution in [3.05, 3.63) is 27.9 Å². The molecule has 1 rings (SSSR count). The molecule has 0 amide bonds. The van der Waals surface area contributed by atoms with E-state index < -0.39 is 11.5 Å². The molecule has 1 aromatic rings. The van der Waals surface area contributed by atoms with Crippen LogP contribution in [-0.2, 0) is 4.74 Å². The van der Waals surface area contributed by atoms with Gasteiger partial charge in [0.2, 0.25) is 0 Å². The van der Waals surface area contributed by atoms with Gasteiger partial charge in [-0.1, -0.05) is 0 Å². The number of hydrogen-bond donors (Lipinski definition) is 1. The molecule has 0 aliphatic heterocycles. The van der Waals surface area contributed by atoms with Gasteiger partial charge in [-0.25, -0.2) is 4.79 Å². The largest absolute Gasteiger partial charge is 0.464 e. The minimum absolute atomic E-state index is 0.102. The Morgan fingerprint density at radius 2 is 2.33 bits per heavy atom. The number of rotatable bonds is 1. The number of aromatic amines is 1. The third kappa shape index (κ3) is 1.50. The first-order chi connectivity index (χ1) is 5.65. The number of nitrogens with zero attached hydrogens (tertiary/aromatic N) is 1. The van der Waals surface area contributed by atoms with Crippen molar-refractivity contribution in [1.82, 2.24) is 9.97 Å². The van der Waals surface area contributed by atoms with Gasteiger partial charge in [-0.2, -0.15) is 0 Å². The van der Waals surface area contributed by atoms with Crippen LogP contribution in [0.4, 0.5) is 0 Å². The quantitative estimate of drug-likeness (QED) is 0.592. The number of H-pyrrole nitrogens is 1. The summed E-state index contributed by atoms with van der Waals surface area (Å²) in [4.78, 5) is 27.7. The van der Waals surface area contributed by atoms with Gasteiger partial charge in [0.05, 0.1) is 19.0 Å². The highest BCUT2D eigenvalue weighted by Crippen LogP contribution is 1.98. The molecule has 0 radical (unpaired) electrons. The molecule has 0 saturated heterocycles. The number of ether oxygens (including phenoxy) is 1. The Kier molecular flexibility index (Phi) is 2.23. The monoisotopic (exact) mass is 168 g/mol. The van der Waals surface area contributed by atoms with Crippen LogP contribution in [0.15, 0.2) is 11.0 Å². The van der Waals surface area contributed by atoms with E-state index in [9.17, 15) is 9.59 Å². The van der Waals surface area contributed by atoms with Crippen molar-refractivity contribution in [1.29, 1.82) is 0 Å². The summed E-state index contributed by atoms with van der Waals surface area (Å²) in [5, 5.41) is 0. The first kappa shape index (κ1) is 8.45. The Bertz CT molecular complexity index is 356. The predicted molar refractivity (Wildman–Crippen MR) is 40.9 cm³/mol. The predicted octanol–water partition coefficient (Wildman–Crippen LogP) is -0.135. The van der Waals surface area contributed by atoms with Crippen LogP contribution in [0.1, 0.15) is 16.2 Å². The number of methoxy groups -OCH3 is 1. The second kappa shape index (κ2) is 3.17. The van der Waals surface area contributed by atoms with Gasteiger partial charge in [0.15, 0.2) is 0 Å². The van der Waals surface area contributed by atoms with Gasteiger partial charge in [0.1, 0.15) is 5.69 Å². The Morgan fingerprint density at radius 3 is 2.92 bits per heavy atom. The summed E-state index contributed by atoms with van der Waals surface area (Å²) < 4.78 is 4.42. The Morgan fingerprint density at radius 1 is 1.67 bits per heavy atom. The second-order valence-corrected chi connectivity index (χ2v) is 2.20. The van der Waals surface area contributed by atoms with Crippen molar-refractivity contribution >= 4 is 5.97 Å². The molecular weight excluding hydrogens is 160 g/mol. The van der Waals surface area contributed by atoms with Crippen LogP contribution in [0.25, 0.3) is 0 Å². The van der Waals surface area contributed by atoms with E-state index in [1.54, 1.807) is 6.92 Å². The maximum atomic E-state index is 11.0. The van der Waals surface area contributed by atoms with Crippen LogP contribution in [0, 0.1) is 6.92 Å². The molecule has 0 unspecified atom stereocenters. The topological polar surface area (TPSA) is 72.1 Å². The first-order valence-electron chi connectivity index (χ1n) is 3.29. The van der Waals surface area contributed by atoms with Crippen molar-refractivity contribution in [2.24, 2.45) is 0 Å². The van der Waals surface area contributed by atoms with E-state index in [2.05, 4.69) is 14.7 Å². The van der Waals surface area contributed by atoms with E-state index in [0.29, 0.717) is 5.69 Å². The minimum Gasteiger partial charge on any atom is -0.464 e. The van der Waals surface area contributed by atoms with Gasteiger partial charge in [0, 0.05) is 0 Å². The molecular formula is C7H8N2O3. The minimum atomic E-state index is -0.585. The highest BCUT2D eigenvalue weighted by Gasteiger charge is 2.10. The molecule has 12 heavy (non-hydrogen) atoms. The zero-order valence-electron chi connectivity index (χ0n) is 6.75. The summed E-state index contributed by atoms with van der Waals surface area (Å²) in [6, 6.07) is 0. The molecule has 1 heterocycles. The fourth-order valence-corrected chi connectivity index (χ4v) is 0.767. The van der Waals surface area contributed by atoms with Gasteiger partial charge in [-0.15, -0.1) is 0 Å². The summed E-state index contributed by atoms with van der Waals surface area (Å²) in [6.45, 7) is 1.61. The molecule has 5 nitrogen and oxygen atoms in total. The molecule has 0 spiro atoms. The average Bonchev–Trinajstić information content (AvgIpc) is 2.08. The van der Waals surface area contributed by atoms with E-state index in [0.717, 1.165) is 6.20 Å². The third-order valence-electron chi connectivity index (χ3n) is 1.37. The molecule has 64 valence electrons. The summed E-state index contributed by atoms with van der Waals surface area (Å²) in [7, 11) is 1.24. The molecule has 0 bridgehead atoms. The molecule has 0 fully saturated rings. The first-order valence-corrected chi connectivity index (χ1v) is 3.29. The standard InChI is InChI=1S/C7H8N2O3/c1-4-6(7(11)12-2)9-5(10)3-8-4/h3H,1-2H3,(H,9,10). The Balaban J connectivity index is 3.22. The third-order valence-corrected chi connectivity index (χ3v) is 1.37. The lowest BCUT2D eigenvalue weighted by Gasteiger charge is -2.00. The molecule has 0 aliphatic rings. The molecule has 0 aromatic carbocycles. The summed E-state index contributed by atoms with van der Waals surface area (Å²) >= 11 is 0. The van der Waals surface area contributed by atoms with Crippen molar-refractivity contribution in [2.45, 2.75) is 6.92 Å². The Hall–Kier alpha value is -1.65. The van der Waals surface area contributed by atoms with Crippen LogP contribution < -0.4 is 5.56 Å². The number of aromatic nitrogens is 2. The maximum absolute atomic E-state index is 11.0. The van der Waals surface area contributed by atoms with E-state index in [1.807, 2.05) is 0 Å². The van der Waals surface area contributed by atoms with E-state index >= 15 is 0 Å². The van der Waals surface area contributed by atoms with Gasteiger partial charge in [-0.05, 0) is 6.92 Å². The van der Waals surface area contributed by atoms with Crippen molar-refractivity contribution in [2.75, 3.05) is 7.11 Å². The molecule has 1 aromatic heterocycles. The summed E-state index contributed by atoms with van der Waals surface area (Å²) in [6.07, 6.45) is 1.11. The summed E-state index contributed by atoms with van der Waals surface area (Å²) in [5.74, 6) is -0.585. The smallest absolute Gasteiger partial charge is 0.356 e. The number of aryl methyl sites for hydroxylation is 1. The zero-order valence-corrected chi connectivity index (χ0v) is 6.75. The van der Waals surface area contributed by atoms with Gasteiger partial charge >= 0.3 is 5.97 Å². The van der Waals surface area contributed by atoms with E-state index in [1.165, 1.54) is 7.11 Å². The second-order valence-electron chi connectivity index (χ2n) is 2.20. The van der Waals surface area contributed by atoms with Crippen LogP contribution in [0.2, 0.25) is 0 Å². The highest BCUT2D eigenvalue weighted by molar-refractivity contribution is 5.88. The number of carbonyl (C=O) groups is 1. The molecule has 5 heteroatoms. The lowest BCUT2D eigenvalue weighted by molar-refractivity contribution is 0.0592. The fraction of sp³-hybridized carbons (Fsp3) is 0.286. The normalized spacial score (nSPS) is 9.50. The molecule has 1 N–H and O–H groups in total. The number of hydrogen-bond acceptors (Lipinski definition) is 4. The highest BCUT2D eigenvalue weighted by atomic mass is 16.5. The number of carbonyl (C=O) groups excluding carboxylic acids is 1. The van der Waals surface area contributed by atoms with E-state index in [-0.39, 0.29) is 5.69 Å². The fourth-order valence-electron chi connectivity index (χ4n) is 0.767. The van der Waals surface area contributed by atoms with Crippen LogP contribution in [0.3, 0.4) is 0 Å². The van der Waals surface area contributed by atoms with Crippen molar-refractivity contribution in [3.8, 4) is 0 Å².